The third-order valence-electron chi connectivity index (χ3n) is 2.07. The van der Waals surface area contributed by atoms with Gasteiger partial charge in [-0.05, 0) is 19.8 Å². The highest BCUT2D eigenvalue weighted by Crippen LogP contribution is 2.41. The molecule has 0 nitrogen and oxygen atoms in total. The van der Waals surface area contributed by atoms with Crippen molar-refractivity contribution in [1.82, 2.24) is 0 Å². The van der Waals surface area contributed by atoms with Crippen LogP contribution in [0.2, 0.25) is 0 Å². The molecule has 0 heterocycles. The molecule has 11 heavy (non-hydrogen) atoms. The van der Waals surface area contributed by atoms with Crippen LogP contribution in [0.1, 0.15) is 19.8 Å². The van der Waals surface area contributed by atoms with Crippen molar-refractivity contribution in [2.24, 2.45) is 0 Å². The predicted octanol–water partition coefficient (Wildman–Crippen LogP) is 3.60. The molecule has 0 amide bonds. The Labute approximate surface area is 87.1 Å². The summed E-state index contributed by atoms with van der Waals surface area (Å²) >= 11 is 24.0. The zero-order chi connectivity index (χ0) is 8.65. The zero-order valence-electron chi connectivity index (χ0n) is 6.16. The van der Waals surface area contributed by atoms with E-state index in [2.05, 4.69) is 0 Å². The van der Waals surface area contributed by atoms with Gasteiger partial charge >= 0.3 is 0 Å². The molecule has 0 unspecified atom stereocenters. The summed E-state index contributed by atoms with van der Waals surface area (Å²) in [6.45, 7) is 1.91. The number of hydrogen-bond donors (Lipinski definition) is 0. The molecular weight excluding hydrogens is 226 g/mol. The molecule has 1 aliphatic rings. The largest absolute Gasteiger partial charge is 0.121 e. The van der Waals surface area contributed by atoms with E-state index in [-0.39, 0.29) is 21.0 Å². The molecule has 0 aliphatic heterocycles. The lowest BCUT2D eigenvalue weighted by Gasteiger charge is -2.37. The van der Waals surface area contributed by atoms with Gasteiger partial charge in [0, 0.05) is 0 Å². The first kappa shape index (κ1) is 10.2. The van der Waals surface area contributed by atoms with Crippen LogP contribution in [0.25, 0.3) is 0 Å². The normalized spacial score (nSPS) is 52.6. The molecule has 1 saturated carbocycles. The Morgan fingerprint density at radius 2 is 1.73 bits per heavy atom. The van der Waals surface area contributed by atoms with E-state index >= 15 is 0 Å². The van der Waals surface area contributed by atoms with Crippen LogP contribution in [0.15, 0.2) is 0 Å². The summed E-state index contributed by atoms with van der Waals surface area (Å²) in [6, 6.07) is 0. The summed E-state index contributed by atoms with van der Waals surface area (Å²) in [5, 5.41) is -0.151. The van der Waals surface area contributed by atoms with E-state index in [0.717, 1.165) is 0 Å². The summed E-state index contributed by atoms with van der Waals surface area (Å²) in [5.41, 5.74) is 0. The first-order chi connectivity index (χ1) is 4.93. The monoisotopic (exact) mass is 234 g/mol. The Hall–Kier alpha value is 1.16. The number of alkyl halides is 4. The van der Waals surface area contributed by atoms with Crippen LogP contribution in [0.5, 0.6) is 0 Å². The van der Waals surface area contributed by atoms with Crippen molar-refractivity contribution in [2.45, 2.75) is 40.8 Å². The van der Waals surface area contributed by atoms with Crippen LogP contribution in [-0.2, 0) is 0 Å². The number of hydrogen-bond acceptors (Lipinski definition) is 0. The molecule has 0 aromatic rings. The summed E-state index contributed by atoms with van der Waals surface area (Å²) in [7, 11) is 0. The molecule has 0 aromatic carbocycles. The maximum absolute atomic E-state index is 6.11. The van der Waals surface area contributed by atoms with E-state index < -0.39 is 0 Å². The van der Waals surface area contributed by atoms with Crippen molar-refractivity contribution < 1.29 is 0 Å². The minimum atomic E-state index is -0.390. The molecule has 0 aromatic heterocycles. The number of rotatable bonds is 0. The Bertz CT molecular complexity index is 145. The van der Waals surface area contributed by atoms with Crippen molar-refractivity contribution in [3.05, 3.63) is 0 Å². The molecule has 4 heteroatoms. The van der Waals surface area contributed by atoms with Gasteiger partial charge in [0.05, 0.1) is 21.0 Å². The summed E-state index contributed by atoms with van der Waals surface area (Å²) in [6.07, 6.45) is 1.37. The van der Waals surface area contributed by atoms with E-state index in [1.54, 1.807) is 0 Å². The first-order valence-corrected chi connectivity index (χ1v) is 5.23. The average molecular weight is 236 g/mol. The molecule has 0 bridgehead atoms. The molecule has 1 aliphatic carbocycles. The topological polar surface area (TPSA) is 0 Å². The lowest BCUT2D eigenvalue weighted by Crippen LogP contribution is -2.42. The quantitative estimate of drug-likeness (QED) is 0.563. The second kappa shape index (κ2) is 3.49. The Kier molecular flexibility index (Phi) is 3.25. The third-order valence-corrected chi connectivity index (χ3v) is 4.33. The standard InChI is InChI=1S/C7H10Cl4/c1-7(11)3-5(9)4(8)2-6(7)10/h4-6H,2-3H2,1H3/t4-,5-,6+,7-/m1/s1. The zero-order valence-corrected chi connectivity index (χ0v) is 9.18. The average Bonchev–Trinajstić information content (AvgIpc) is 1.83. The molecule has 66 valence electrons. The highest BCUT2D eigenvalue weighted by atomic mass is 35.5. The van der Waals surface area contributed by atoms with Gasteiger partial charge < -0.3 is 0 Å². The van der Waals surface area contributed by atoms with Gasteiger partial charge in [0.1, 0.15) is 0 Å². The predicted molar refractivity (Wildman–Crippen MR) is 52.4 cm³/mol. The smallest absolute Gasteiger partial charge is 0.0596 e. The van der Waals surface area contributed by atoms with Crippen LogP contribution in [-0.4, -0.2) is 21.0 Å². The SMILES string of the molecule is C[C@@]1(Cl)C[C@@H](Cl)[C@H](Cl)C[C@@H]1Cl. The van der Waals surface area contributed by atoms with Gasteiger partial charge in [0.25, 0.3) is 0 Å². The van der Waals surface area contributed by atoms with Gasteiger partial charge in [-0.15, -0.1) is 46.4 Å². The second-order valence-electron chi connectivity index (χ2n) is 3.22. The van der Waals surface area contributed by atoms with E-state index in [1.807, 2.05) is 6.92 Å². The molecule has 1 rings (SSSR count). The maximum atomic E-state index is 6.11. The minimum Gasteiger partial charge on any atom is -0.121 e. The van der Waals surface area contributed by atoms with Crippen LogP contribution >= 0.6 is 46.4 Å². The van der Waals surface area contributed by atoms with Crippen LogP contribution in [0.3, 0.4) is 0 Å². The van der Waals surface area contributed by atoms with E-state index in [4.69, 9.17) is 46.4 Å². The molecule has 0 saturated heterocycles. The van der Waals surface area contributed by atoms with Crippen LogP contribution in [0, 0.1) is 0 Å². The molecule has 1 fully saturated rings. The van der Waals surface area contributed by atoms with Crippen LogP contribution in [0.4, 0.5) is 0 Å². The molecule has 4 atom stereocenters. The molecular formula is C7H10Cl4. The Morgan fingerprint density at radius 3 is 2.18 bits per heavy atom. The van der Waals surface area contributed by atoms with E-state index in [1.165, 1.54) is 0 Å². The molecule has 0 spiro atoms. The van der Waals surface area contributed by atoms with Gasteiger partial charge in [-0.25, -0.2) is 0 Å². The highest BCUT2D eigenvalue weighted by Gasteiger charge is 2.41. The lowest BCUT2D eigenvalue weighted by atomic mass is 9.89. The fourth-order valence-electron chi connectivity index (χ4n) is 1.23. The fraction of sp³-hybridized carbons (Fsp3) is 1.00. The number of halogens is 4. The third kappa shape index (κ3) is 2.30. The molecule has 0 radical (unpaired) electrons. The van der Waals surface area contributed by atoms with Gasteiger partial charge in [-0.3, -0.25) is 0 Å². The van der Waals surface area contributed by atoms with Gasteiger partial charge in [0.15, 0.2) is 0 Å². The van der Waals surface area contributed by atoms with Crippen LogP contribution < -0.4 is 0 Å². The lowest BCUT2D eigenvalue weighted by molar-refractivity contribution is 0.432. The summed E-state index contributed by atoms with van der Waals surface area (Å²) in [5.74, 6) is 0. The van der Waals surface area contributed by atoms with Crippen molar-refractivity contribution >= 4 is 46.4 Å². The van der Waals surface area contributed by atoms with E-state index in [9.17, 15) is 0 Å². The van der Waals surface area contributed by atoms with Crippen molar-refractivity contribution in [3.8, 4) is 0 Å². The minimum absolute atomic E-state index is 0.0361. The Balaban J connectivity index is 2.63. The fourth-order valence-corrected chi connectivity index (χ4v) is 2.63. The Morgan fingerprint density at radius 1 is 1.18 bits per heavy atom. The van der Waals surface area contributed by atoms with Gasteiger partial charge in [-0.1, -0.05) is 0 Å². The summed E-state index contributed by atoms with van der Waals surface area (Å²) < 4.78 is 0. The van der Waals surface area contributed by atoms with E-state index in [0.29, 0.717) is 12.8 Å². The van der Waals surface area contributed by atoms with Crippen molar-refractivity contribution in [1.29, 1.82) is 0 Å². The van der Waals surface area contributed by atoms with Gasteiger partial charge in [-0.2, -0.15) is 0 Å². The maximum Gasteiger partial charge on any atom is 0.0596 e. The van der Waals surface area contributed by atoms with Crippen molar-refractivity contribution in [3.63, 3.8) is 0 Å². The van der Waals surface area contributed by atoms with Gasteiger partial charge in [0.2, 0.25) is 0 Å². The summed E-state index contributed by atoms with van der Waals surface area (Å²) in [4.78, 5) is -0.390. The second-order valence-corrected chi connectivity index (χ2v) is 5.73. The highest BCUT2D eigenvalue weighted by molar-refractivity contribution is 6.35. The first-order valence-electron chi connectivity index (χ1n) is 3.54. The van der Waals surface area contributed by atoms with Crippen molar-refractivity contribution in [2.75, 3.05) is 0 Å². The molecule has 0 N–H and O–H groups in total.